The summed E-state index contributed by atoms with van der Waals surface area (Å²) in [4.78, 5) is 35.5. The van der Waals surface area contributed by atoms with E-state index in [9.17, 15) is 29.7 Å². The van der Waals surface area contributed by atoms with E-state index in [-0.39, 0.29) is 68.3 Å². The molecule has 0 heterocycles. The van der Waals surface area contributed by atoms with Crippen LogP contribution in [0.2, 0.25) is 0 Å². The van der Waals surface area contributed by atoms with E-state index in [1.807, 2.05) is 0 Å². The Hall–Kier alpha value is -1.07. The first-order valence-electron chi connectivity index (χ1n) is 9.98. The van der Waals surface area contributed by atoms with Crippen LogP contribution in [-0.4, -0.2) is 70.9 Å². The van der Waals surface area contributed by atoms with Crippen LogP contribution in [0.15, 0.2) is 0 Å². The van der Waals surface area contributed by atoms with Gasteiger partial charge in [-0.05, 0) is 6.42 Å². The van der Waals surface area contributed by atoms with Gasteiger partial charge in [0.2, 0.25) is 5.91 Å². The number of quaternary nitrogens is 1. The SMILES string of the molecule is CCCCCCC(=O)NCC[N+](CCO)(C(CC)C(=O)[O-])C(CC)C(=O)O.[Li+]. The van der Waals surface area contributed by atoms with Gasteiger partial charge in [-0.2, -0.15) is 0 Å². The molecule has 0 aliphatic heterocycles. The van der Waals surface area contributed by atoms with Crippen molar-refractivity contribution < 1.29 is 53.0 Å². The molecular weight excluding hydrogens is 359 g/mol. The number of hydrogen-bond acceptors (Lipinski definition) is 5. The van der Waals surface area contributed by atoms with Gasteiger partial charge in [-0.15, -0.1) is 0 Å². The molecule has 8 nitrogen and oxygen atoms in total. The van der Waals surface area contributed by atoms with Crippen LogP contribution in [-0.2, 0) is 14.4 Å². The number of aliphatic carboxylic acids is 2. The van der Waals surface area contributed by atoms with Gasteiger partial charge in [0.1, 0.15) is 12.6 Å². The van der Waals surface area contributed by atoms with Crippen LogP contribution in [0.4, 0.5) is 0 Å². The summed E-state index contributed by atoms with van der Waals surface area (Å²) in [6.45, 7) is 5.32. The van der Waals surface area contributed by atoms with E-state index in [4.69, 9.17) is 0 Å². The number of hydrogen-bond donors (Lipinski definition) is 3. The normalized spacial score (nSPS) is 15.0. The van der Waals surface area contributed by atoms with Gasteiger partial charge in [-0.25, -0.2) is 4.79 Å². The maximum Gasteiger partial charge on any atom is 1.00 e. The van der Waals surface area contributed by atoms with Gasteiger partial charge in [0, 0.05) is 19.3 Å². The fourth-order valence-electron chi connectivity index (χ4n) is 3.84. The molecule has 3 N–H and O–H groups in total. The average molecular weight is 395 g/mol. The summed E-state index contributed by atoms with van der Waals surface area (Å²) in [5, 5.41) is 33.6. The Balaban J connectivity index is 0. The zero-order valence-electron chi connectivity index (χ0n) is 17.9. The molecule has 0 aliphatic rings. The monoisotopic (exact) mass is 395 g/mol. The number of carbonyl (C=O) groups is 3. The summed E-state index contributed by atoms with van der Waals surface area (Å²) in [6.07, 6.45) is 4.71. The summed E-state index contributed by atoms with van der Waals surface area (Å²) >= 11 is 0. The Morgan fingerprint density at radius 1 is 1.00 bits per heavy atom. The van der Waals surface area contributed by atoms with Crippen LogP contribution in [0, 0.1) is 0 Å². The van der Waals surface area contributed by atoms with Crippen molar-refractivity contribution in [2.75, 3.05) is 26.2 Å². The minimum Gasteiger partial charge on any atom is -0.544 e. The third-order valence-corrected chi connectivity index (χ3v) is 5.20. The molecule has 3 unspecified atom stereocenters. The van der Waals surface area contributed by atoms with Gasteiger partial charge >= 0.3 is 24.8 Å². The third kappa shape index (κ3) is 8.95. The quantitative estimate of drug-likeness (QED) is 0.148. The summed E-state index contributed by atoms with van der Waals surface area (Å²) in [6, 6.07) is -2.07. The minimum absolute atomic E-state index is 0. The zero-order chi connectivity index (χ0) is 20.9. The molecule has 0 aromatic rings. The van der Waals surface area contributed by atoms with Crippen LogP contribution in [0.1, 0.15) is 65.7 Å². The second-order valence-corrected chi connectivity index (χ2v) is 6.94. The minimum atomic E-state index is -1.34. The van der Waals surface area contributed by atoms with Gasteiger partial charge in [0.05, 0.1) is 25.7 Å². The van der Waals surface area contributed by atoms with E-state index < -0.39 is 24.0 Å². The van der Waals surface area contributed by atoms with Crippen molar-refractivity contribution in [1.29, 1.82) is 0 Å². The maximum absolute atomic E-state index is 12.0. The molecule has 0 bridgehead atoms. The number of aliphatic hydroxyl groups excluding tert-OH is 1. The molecule has 0 saturated heterocycles. The van der Waals surface area contributed by atoms with Crippen LogP contribution in [0.5, 0.6) is 0 Å². The molecule has 0 saturated carbocycles. The van der Waals surface area contributed by atoms with Crippen LogP contribution < -0.4 is 29.3 Å². The fraction of sp³-hybridized carbons (Fsp3) is 0.842. The number of amides is 1. The summed E-state index contributed by atoms with van der Waals surface area (Å²) < 4.78 is -0.336. The number of nitrogens with zero attached hydrogens (tertiary/aromatic N) is 1. The third-order valence-electron chi connectivity index (χ3n) is 5.20. The predicted molar refractivity (Wildman–Crippen MR) is 99.6 cm³/mol. The fourth-order valence-corrected chi connectivity index (χ4v) is 3.84. The molecule has 0 rings (SSSR count). The van der Waals surface area contributed by atoms with Gasteiger partial charge < -0.3 is 29.9 Å². The summed E-state index contributed by atoms with van der Waals surface area (Å²) in [7, 11) is 0. The maximum atomic E-state index is 12.0. The molecule has 1 amide bonds. The Bertz CT molecular complexity index is 453. The molecule has 0 aliphatic carbocycles. The first-order chi connectivity index (χ1) is 12.8. The molecule has 0 fully saturated rings. The average Bonchev–Trinajstić information content (AvgIpc) is 2.59. The molecule has 0 aromatic carbocycles. The zero-order valence-corrected chi connectivity index (χ0v) is 17.9. The Kier molecular flexibility index (Phi) is 16.4. The van der Waals surface area contributed by atoms with Crippen molar-refractivity contribution >= 4 is 17.8 Å². The van der Waals surface area contributed by atoms with Crippen molar-refractivity contribution in [3.63, 3.8) is 0 Å². The van der Waals surface area contributed by atoms with Crippen molar-refractivity contribution in [2.45, 2.75) is 77.8 Å². The smallest absolute Gasteiger partial charge is 0.544 e. The molecule has 158 valence electrons. The van der Waals surface area contributed by atoms with Crippen LogP contribution in [0.25, 0.3) is 0 Å². The van der Waals surface area contributed by atoms with Crippen LogP contribution in [0.3, 0.4) is 0 Å². The molecule has 28 heavy (non-hydrogen) atoms. The number of carboxylic acids is 2. The topological polar surface area (TPSA) is 127 Å². The largest absolute Gasteiger partial charge is 1.00 e. The van der Waals surface area contributed by atoms with Gasteiger partial charge in [-0.3, -0.25) is 4.79 Å². The first-order valence-corrected chi connectivity index (χ1v) is 9.98. The van der Waals surface area contributed by atoms with E-state index in [0.29, 0.717) is 6.42 Å². The molecule has 3 atom stereocenters. The Morgan fingerprint density at radius 3 is 2.04 bits per heavy atom. The van der Waals surface area contributed by atoms with Crippen molar-refractivity contribution in [3.05, 3.63) is 0 Å². The second-order valence-electron chi connectivity index (χ2n) is 6.94. The van der Waals surface area contributed by atoms with Gasteiger partial charge in [-0.1, -0.05) is 40.0 Å². The standard InChI is InChI=1S/C19H36N2O6.Li/c1-4-7-8-9-10-17(23)20-11-12-21(13-14-22,15(5-2)18(24)25)16(6-3)19(26)27;/h15-16,22H,4-14H2,1-3H3,(H2-,20,23,24,25,26,27);/q;+1. The summed E-state index contributed by atoms with van der Waals surface area (Å²) in [5.74, 6) is -2.58. The van der Waals surface area contributed by atoms with Crippen molar-refractivity contribution in [3.8, 4) is 0 Å². The molecule has 0 spiro atoms. The number of carboxylic acid groups (broad SMARTS) is 2. The molecule has 0 radical (unpaired) electrons. The Labute approximate surface area is 180 Å². The number of nitrogens with one attached hydrogen (secondary N) is 1. The molecule has 9 heteroatoms. The summed E-state index contributed by atoms with van der Waals surface area (Å²) in [5.41, 5.74) is 0. The van der Waals surface area contributed by atoms with Crippen molar-refractivity contribution in [1.82, 2.24) is 5.32 Å². The Morgan fingerprint density at radius 2 is 1.61 bits per heavy atom. The van der Waals surface area contributed by atoms with E-state index in [1.54, 1.807) is 13.8 Å². The second kappa shape index (κ2) is 15.8. The first kappa shape index (κ1) is 29.1. The van der Waals surface area contributed by atoms with Crippen molar-refractivity contribution in [2.24, 2.45) is 0 Å². The van der Waals surface area contributed by atoms with Gasteiger partial charge in [0.25, 0.3) is 0 Å². The van der Waals surface area contributed by atoms with Gasteiger partial charge in [0.15, 0.2) is 6.04 Å². The number of unbranched alkanes of at least 4 members (excludes halogenated alkanes) is 3. The van der Waals surface area contributed by atoms with E-state index in [2.05, 4.69) is 12.2 Å². The number of aliphatic hydroxyl groups is 1. The predicted octanol–water partition coefficient (Wildman–Crippen LogP) is -2.72. The van der Waals surface area contributed by atoms with Crippen LogP contribution >= 0.6 is 0 Å². The number of rotatable bonds is 16. The van der Waals surface area contributed by atoms with E-state index in [1.165, 1.54) is 0 Å². The molecular formula is C19H36LiN2O6+. The molecule has 0 aromatic heterocycles. The number of carbonyl (C=O) groups excluding carboxylic acids is 2. The van der Waals surface area contributed by atoms with E-state index in [0.717, 1.165) is 25.7 Å². The van der Waals surface area contributed by atoms with E-state index >= 15 is 0 Å².